The van der Waals surface area contributed by atoms with Crippen molar-refractivity contribution in [2.75, 3.05) is 18.0 Å². The molecule has 1 saturated carbocycles. The third-order valence-electron chi connectivity index (χ3n) is 4.77. The first-order chi connectivity index (χ1) is 9.24. The van der Waals surface area contributed by atoms with Crippen molar-refractivity contribution in [1.82, 2.24) is 0 Å². The second-order valence-electron chi connectivity index (χ2n) is 5.89. The van der Waals surface area contributed by atoms with E-state index in [1.807, 2.05) is 12.1 Å². The number of carboxylic acid groups (broad SMARTS) is 1. The zero-order chi connectivity index (χ0) is 13.2. The molecule has 1 N–H and O–H groups in total. The number of carboxylic acids is 1. The molecule has 1 heterocycles. The number of carbonyl (C=O) groups is 1. The van der Waals surface area contributed by atoms with Crippen LogP contribution in [0.15, 0.2) is 24.3 Å². The van der Waals surface area contributed by atoms with Gasteiger partial charge in [0.25, 0.3) is 0 Å². The third kappa shape index (κ3) is 2.60. The van der Waals surface area contributed by atoms with Gasteiger partial charge in [0.05, 0.1) is 5.56 Å². The van der Waals surface area contributed by atoms with Crippen molar-refractivity contribution in [3.63, 3.8) is 0 Å². The molecule has 1 saturated heterocycles. The van der Waals surface area contributed by atoms with E-state index >= 15 is 0 Å². The Morgan fingerprint density at radius 3 is 2.42 bits per heavy atom. The van der Waals surface area contributed by atoms with Crippen LogP contribution in [0.1, 0.15) is 42.5 Å². The van der Waals surface area contributed by atoms with Crippen LogP contribution in [0.4, 0.5) is 5.69 Å². The van der Waals surface area contributed by atoms with Crippen LogP contribution in [0, 0.1) is 11.8 Å². The SMILES string of the molecule is O=C(O)c1ccc(N2CCC3CCCCC3C2)cc1. The second kappa shape index (κ2) is 5.24. The summed E-state index contributed by atoms with van der Waals surface area (Å²) in [5.41, 5.74) is 1.55. The number of benzene rings is 1. The molecule has 2 aliphatic rings. The second-order valence-corrected chi connectivity index (χ2v) is 5.89. The number of anilines is 1. The molecule has 0 aromatic heterocycles. The van der Waals surface area contributed by atoms with Crippen molar-refractivity contribution >= 4 is 11.7 Å². The lowest BCUT2D eigenvalue weighted by Gasteiger charge is -2.42. The molecular weight excluding hydrogens is 238 g/mol. The molecule has 1 aliphatic heterocycles. The first-order valence-electron chi connectivity index (χ1n) is 7.32. The minimum Gasteiger partial charge on any atom is -0.478 e. The average molecular weight is 259 g/mol. The smallest absolute Gasteiger partial charge is 0.335 e. The number of rotatable bonds is 2. The van der Waals surface area contributed by atoms with Crippen LogP contribution in [0.3, 0.4) is 0 Å². The lowest BCUT2D eigenvalue weighted by atomic mass is 9.75. The normalized spacial score (nSPS) is 26.8. The lowest BCUT2D eigenvalue weighted by Crippen LogP contribution is -2.41. The largest absolute Gasteiger partial charge is 0.478 e. The highest BCUT2D eigenvalue weighted by molar-refractivity contribution is 5.88. The fraction of sp³-hybridized carbons (Fsp3) is 0.562. The summed E-state index contributed by atoms with van der Waals surface area (Å²) < 4.78 is 0. The van der Waals surface area contributed by atoms with E-state index in [4.69, 9.17) is 5.11 Å². The van der Waals surface area contributed by atoms with Crippen LogP contribution in [0.2, 0.25) is 0 Å². The average Bonchev–Trinajstić information content (AvgIpc) is 2.47. The predicted molar refractivity (Wildman–Crippen MR) is 75.7 cm³/mol. The minimum absolute atomic E-state index is 0.372. The van der Waals surface area contributed by atoms with Crippen LogP contribution in [0.25, 0.3) is 0 Å². The van der Waals surface area contributed by atoms with Gasteiger partial charge in [0.1, 0.15) is 0 Å². The molecule has 2 unspecified atom stereocenters. The van der Waals surface area contributed by atoms with Crippen molar-refractivity contribution in [2.24, 2.45) is 11.8 Å². The van der Waals surface area contributed by atoms with E-state index in [9.17, 15) is 4.79 Å². The molecule has 1 aromatic rings. The monoisotopic (exact) mass is 259 g/mol. The maximum Gasteiger partial charge on any atom is 0.335 e. The van der Waals surface area contributed by atoms with Crippen LogP contribution in [-0.2, 0) is 0 Å². The van der Waals surface area contributed by atoms with Gasteiger partial charge in [-0.3, -0.25) is 0 Å². The van der Waals surface area contributed by atoms with Crippen molar-refractivity contribution in [3.8, 4) is 0 Å². The summed E-state index contributed by atoms with van der Waals surface area (Å²) in [7, 11) is 0. The molecule has 19 heavy (non-hydrogen) atoms. The summed E-state index contributed by atoms with van der Waals surface area (Å²) in [6.07, 6.45) is 6.87. The standard InChI is InChI=1S/C16H21NO2/c18-16(19)13-5-7-15(8-6-13)17-10-9-12-3-1-2-4-14(12)11-17/h5-8,12,14H,1-4,9-11H2,(H,18,19). The van der Waals surface area contributed by atoms with Gasteiger partial charge < -0.3 is 10.0 Å². The van der Waals surface area contributed by atoms with Gasteiger partial charge >= 0.3 is 5.97 Å². The number of aromatic carboxylic acids is 1. The summed E-state index contributed by atoms with van der Waals surface area (Å²) in [5.74, 6) is 0.933. The van der Waals surface area contributed by atoms with Crippen molar-refractivity contribution in [2.45, 2.75) is 32.1 Å². The van der Waals surface area contributed by atoms with Gasteiger partial charge in [-0.1, -0.05) is 19.3 Å². The predicted octanol–water partition coefficient (Wildman–Crippen LogP) is 3.40. The molecule has 102 valence electrons. The maximum atomic E-state index is 10.9. The Morgan fingerprint density at radius 2 is 1.74 bits per heavy atom. The van der Waals surface area contributed by atoms with E-state index in [0.29, 0.717) is 5.56 Å². The molecule has 0 spiro atoms. The number of nitrogens with zero attached hydrogens (tertiary/aromatic N) is 1. The van der Waals surface area contributed by atoms with E-state index in [-0.39, 0.29) is 0 Å². The van der Waals surface area contributed by atoms with E-state index in [1.54, 1.807) is 12.1 Å². The van der Waals surface area contributed by atoms with Gasteiger partial charge in [0.2, 0.25) is 0 Å². The highest BCUT2D eigenvalue weighted by atomic mass is 16.4. The maximum absolute atomic E-state index is 10.9. The summed E-state index contributed by atoms with van der Waals surface area (Å²) >= 11 is 0. The van der Waals surface area contributed by atoms with Crippen LogP contribution in [0.5, 0.6) is 0 Å². The van der Waals surface area contributed by atoms with E-state index < -0.39 is 5.97 Å². The lowest BCUT2D eigenvalue weighted by molar-refractivity contribution is 0.0697. The zero-order valence-corrected chi connectivity index (χ0v) is 11.2. The number of piperidine rings is 1. The van der Waals surface area contributed by atoms with Crippen LogP contribution in [-0.4, -0.2) is 24.2 Å². The Labute approximate surface area is 114 Å². The highest BCUT2D eigenvalue weighted by Crippen LogP contribution is 2.37. The fourth-order valence-corrected chi connectivity index (χ4v) is 3.65. The fourth-order valence-electron chi connectivity index (χ4n) is 3.65. The van der Waals surface area contributed by atoms with Gasteiger partial charge in [0.15, 0.2) is 0 Å². The molecule has 3 rings (SSSR count). The molecular formula is C16H21NO2. The summed E-state index contributed by atoms with van der Waals surface area (Å²) in [4.78, 5) is 13.3. The Hall–Kier alpha value is -1.51. The van der Waals surface area contributed by atoms with Crippen LogP contribution < -0.4 is 4.90 Å². The first-order valence-corrected chi connectivity index (χ1v) is 7.32. The van der Waals surface area contributed by atoms with Gasteiger partial charge in [-0.2, -0.15) is 0 Å². The minimum atomic E-state index is -0.850. The van der Waals surface area contributed by atoms with Crippen LogP contribution >= 0.6 is 0 Å². The third-order valence-corrected chi connectivity index (χ3v) is 4.77. The number of hydrogen-bond donors (Lipinski definition) is 1. The van der Waals surface area contributed by atoms with Crippen molar-refractivity contribution < 1.29 is 9.90 Å². The van der Waals surface area contributed by atoms with E-state index in [2.05, 4.69) is 4.90 Å². The Kier molecular flexibility index (Phi) is 3.45. The zero-order valence-electron chi connectivity index (χ0n) is 11.2. The van der Waals surface area contributed by atoms with E-state index in [1.165, 1.54) is 37.8 Å². The molecule has 1 aromatic carbocycles. The van der Waals surface area contributed by atoms with Crippen molar-refractivity contribution in [1.29, 1.82) is 0 Å². The molecule has 1 aliphatic carbocycles. The van der Waals surface area contributed by atoms with Gasteiger partial charge in [-0.05, 0) is 48.9 Å². The first kappa shape index (κ1) is 12.5. The molecule has 2 fully saturated rings. The highest BCUT2D eigenvalue weighted by Gasteiger charge is 2.31. The Balaban J connectivity index is 1.70. The van der Waals surface area contributed by atoms with E-state index in [0.717, 1.165) is 24.9 Å². The number of hydrogen-bond acceptors (Lipinski definition) is 2. The molecule has 0 amide bonds. The molecule has 2 atom stereocenters. The Bertz CT molecular complexity index is 454. The molecule has 0 radical (unpaired) electrons. The topological polar surface area (TPSA) is 40.5 Å². The summed E-state index contributed by atoms with van der Waals surface area (Å²) in [6.45, 7) is 2.27. The molecule has 3 nitrogen and oxygen atoms in total. The quantitative estimate of drug-likeness (QED) is 0.885. The van der Waals surface area contributed by atoms with Gasteiger partial charge in [0, 0.05) is 18.8 Å². The summed E-state index contributed by atoms with van der Waals surface area (Å²) in [5, 5.41) is 8.93. The Morgan fingerprint density at radius 1 is 1.05 bits per heavy atom. The number of fused-ring (bicyclic) bond motifs is 1. The molecule has 3 heteroatoms. The van der Waals surface area contributed by atoms with Crippen molar-refractivity contribution in [3.05, 3.63) is 29.8 Å². The summed E-state index contributed by atoms with van der Waals surface area (Å²) in [6, 6.07) is 7.33. The van der Waals surface area contributed by atoms with Gasteiger partial charge in [-0.25, -0.2) is 4.79 Å². The van der Waals surface area contributed by atoms with Gasteiger partial charge in [-0.15, -0.1) is 0 Å². The molecule has 0 bridgehead atoms.